The minimum Gasteiger partial charge on any atom is -0.385 e. The molecule has 1 N–H and O–H groups in total. The summed E-state index contributed by atoms with van der Waals surface area (Å²) in [5, 5.41) is 3.41. The molecule has 2 rings (SSSR count). The summed E-state index contributed by atoms with van der Waals surface area (Å²) in [6.45, 7) is 5.98. The van der Waals surface area contributed by atoms with Gasteiger partial charge < -0.3 is 15.0 Å². The second-order valence-corrected chi connectivity index (χ2v) is 4.97. The Bertz CT molecular complexity index is 257. The van der Waals surface area contributed by atoms with E-state index in [0.29, 0.717) is 36.8 Å². The van der Waals surface area contributed by atoms with Crippen LogP contribution in [0.4, 0.5) is 0 Å². The lowest BCUT2D eigenvalue weighted by Gasteiger charge is -2.24. The third-order valence-electron chi connectivity index (χ3n) is 3.99. The van der Waals surface area contributed by atoms with Crippen molar-refractivity contribution in [1.82, 2.24) is 10.2 Å². The van der Waals surface area contributed by atoms with Crippen LogP contribution in [0.15, 0.2) is 0 Å². The summed E-state index contributed by atoms with van der Waals surface area (Å²) in [5.41, 5.74) is 0. The minimum atomic E-state index is 0.305. The molecule has 0 bridgehead atoms. The molecule has 0 aromatic heterocycles. The highest BCUT2D eigenvalue weighted by Gasteiger charge is 2.43. The molecule has 2 fully saturated rings. The van der Waals surface area contributed by atoms with Gasteiger partial charge in [-0.15, -0.1) is 0 Å². The van der Waals surface area contributed by atoms with Crippen molar-refractivity contribution < 1.29 is 9.53 Å². The summed E-state index contributed by atoms with van der Waals surface area (Å²) in [4.78, 5) is 14.1. The minimum absolute atomic E-state index is 0.305. The third kappa shape index (κ3) is 2.23. The molecule has 0 aliphatic carbocycles. The Labute approximate surface area is 97.3 Å². The van der Waals surface area contributed by atoms with E-state index in [1.807, 2.05) is 0 Å². The molecule has 0 radical (unpaired) electrons. The first-order chi connectivity index (χ1) is 7.74. The Morgan fingerprint density at radius 3 is 3.00 bits per heavy atom. The first-order valence-electron chi connectivity index (χ1n) is 6.23. The molecule has 0 spiro atoms. The number of hydrogen-bond donors (Lipinski definition) is 1. The molecule has 2 heterocycles. The van der Waals surface area contributed by atoms with Crippen LogP contribution in [-0.4, -0.2) is 50.2 Å². The molecular formula is C12H22N2O2. The fourth-order valence-corrected chi connectivity index (χ4v) is 3.01. The average Bonchev–Trinajstić information content (AvgIpc) is 2.82. The van der Waals surface area contributed by atoms with Gasteiger partial charge in [-0.1, -0.05) is 0 Å². The molecule has 2 saturated heterocycles. The molecular weight excluding hydrogens is 204 g/mol. The predicted octanol–water partition coefficient (Wildman–Crippen LogP) is 0.479. The van der Waals surface area contributed by atoms with Gasteiger partial charge in [0.1, 0.15) is 0 Å². The summed E-state index contributed by atoms with van der Waals surface area (Å²) in [5.74, 6) is 1.66. The van der Waals surface area contributed by atoms with E-state index in [9.17, 15) is 4.79 Å². The molecule has 0 saturated carbocycles. The van der Waals surface area contributed by atoms with Crippen molar-refractivity contribution in [2.24, 2.45) is 11.8 Å². The number of carbonyl (C=O) groups excluding carboxylic acids is 1. The maximum Gasteiger partial charge on any atom is 0.222 e. The van der Waals surface area contributed by atoms with Gasteiger partial charge in [0.15, 0.2) is 0 Å². The lowest BCUT2D eigenvalue weighted by atomic mass is 9.95. The maximum absolute atomic E-state index is 12.0. The van der Waals surface area contributed by atoms with Gasteiger partial charge in [0.2, 0.25) is 5.91 Å². The van der Waals surface area contributed by atoms with Crippen LogP contribution in [0.1, 0.15) is 19.8 Å². The molecule has 1 amide bonds. The number of hydrogen-bond acceptors (Lipinski definition) is 3. The summed E-state index contributed by atoms with van der Waals surface area (Å²) in [7, 11) is 1.68. The van der Waals surface area contributed by atoms with Gasteiger partial charge >= 0.3 is 0 Å². The van der Waals surface area contributed by atoms with E-state index >= 15 is 0 Å². The molecule has 16 heavy (non-hydrogen) atoms. The van der Waals surface area contributed by atoms with Gasteiger partial charge in [-0.05, 0) is 25.2 Å². The number of likely N-dealkylation sites (tertiary alicyclic amines) is 1. The fourth-order valence-electron chi connectivity index (χ4n) is 3.01. The summed E-state index contributed by atoms with van der Waals surface area (Å²) in [6, 6.07) is 0.412. The summed E-state index contributed by atoms with van der Waals surface area (Å²) >= 11 is 0. The normalized spacial score (nSPS) is 33.1. The van der Waals surface area contributed by atoms with Crippen LogP contribution in [0.25, 0.3) is 0 Å². The zero-order chi connectivity index (χ0) is 11.5. The SMILES string of the molecule is COCCCC(=O)N1CC2CNCC2C1C. The van der Waals surface area contributed by atoms with Crippen LogP contribution in [0.2, 0.25) is 0 Å². The topological polar surface area (TPSA) is 41.6 Å². The number of methoxy groups -OCH3 is 1. The summed E-state index contributed by atoms with van der Waals surface area (Å²) < 4.78 is 4.98. The Morgan fingerprint density at radius 2 is 2.31 bits per heavy atom. The Morgan fingerprint density at radius 1 is 1.50 bits per heavy atom. The third-order valence-corrected chi connectivity index (χ3v) is 3.99. The van der Waals surface area contributed by atoms with Gasteiger partial charge in [0.05, 0.1) is 0 Å². The van der Waals surface area contributed by atoms with Crippen LogP contribution < -0.4 is 5.32 Å². The second-order valence-electron chi connectivity index (χ2n) is 4.97. The van der Waals surface area contributed by atoms with E-state index in [1.165, 1.54) is 0 Å². The maximum atomic E-state index is 12.0. The van der Waals surface area contributed by atoms with Gasteiger partial charge in [-0.3, -0.25) is 4.79 Å². The average molecular weight is 226 g/mol. The Kier molecular flexibility index (Phi) is 3.82. The number of rotatable bonds is 4. The molecule has 0 aromatic carbocycles. The predicted molar refractivity (Wildman–Crippen MR) is 62.1 cm³/mol. The van der Waals surface area contributed by atoms with Crippen molar-refractivity contribution in [1.29, 1.82) is 0 Å². The van der Waals surface area contributed by atoms with Gasteiger partial charge in [-0.25, -0.2) is 0 Å². The molecule has 4 nitrogen and oxygen atoms in total. The molecule has 0 aromatic rings. The van der Waals surface area contributed by atoms with E-state index in [-0.39, 0.29) is 0 Å². The number of nitrogens with zero attached hydrogens (tertiary/aromatic N) is 1. The van der Waals surface area contributed by atoms with E-state index in [1.54, 1.807) is 7.11 Å². The van der Waals surface area contributed by atoms with E-state index in [2.05, 4.69) is 17.1 Å². The Balaban J connectivity index is 1.83. The number of ether oxygens (including phenoxy) is 1. The molecule has 4 heteroatoms. The fraction of sp³-hybridized carbons (Fsp3) is 0.917. The molecule has 3 atom stereocenters. The highest BCUT2D eigenvalue weighted by molar-refractivity contribution is 5.77. The van der Waals surface area contributed by atoms with Crippen LogP contribution in [0, 0.1) is 11.8 Å². The van der Waals surface area contributed by atoms with E-state index in [0.717, 1.165) is 26.1 Å². The van der Waals surface area contributed by atoms with Crippen molar-refractivity contribution >= 4 is 5.91 Å². The smallest absolute Gasteiger partial charge is 0.222 e. The van der Waals surface area contributed by atoms with Gasteiger partial charge in [0.25, 0.3) is 0 Å². The van der Waals surface area contributed by atoms with Crippen LogP contribution >= 0.6 is 0 Å². The largest absolute Gasteiger partial charge is 0.385 e. The zero-order valence-electron chi connectivity index (χ0n) is 10.2. The van der Waals surface area contributed by atoms with Crippen molar-refractivity contribution in [3.8, 4) is 0 Å². The number of fused-ring (bicyclic) bond motifs is 1. The van der Waals surface area contributed by atoms with Crippen LogP contribution in [0.3, 0.4) is 0 Å². The van der Waals surface area contributed by atoms with E-state index < -0.39 is 0 Å². The molecule has 2 aliphatic heterocycles. The lowest BCUT2D eigenvalue weighted by molar-refractivity contribution is -0.132. The summed E-state index contributed by atoms with van der Waals surface area (Å²) in [6.07, 6.45) is 1.47. The Hall–Kier alpha value is -0.610. The number of nitrogens with one attached hydrogen (secondary N) is 1. The molecule has 3 unspecified atom stereocenters. The zero-order valence-corrected chi connectivity index (χ0v) is 10.2. The van der Waals surface area contributed by atoms with Crippen molar-refractivity contribution in [3.63, 3.8) is 0 Å². The number of carbonyl (C=O) groups is 1. The number of amides is 1. The molecule has 92 valence electrons. The highest BCUT2D eigenvalue weighted by atomic mass is 16.5. The first kappa shape index (κ1) is 11.9. The second kappa shape index (κ2) is 5.15. The highest BCUT2D eigenvalue weighted by Crippen LogP contribution is 2.32. The first-order valence-corrected chi connectivity index (χ1v) is 6.23. The quantitative estimate of drug-likeness (QED) is 0.709. The van der Waals surface area contributed by atoms with Gasteiger partial charge in [0, 0.05) is 45.8 Å². The van der Waals surface area contributed by atoms with Crippen molar-refractivity contribution in [2.45, 2.75) is 25.8 Å². The van der Waals surface area contributed by atoms with Gasteiger partial charge in [-0.2, -0.15) is 0 Å². The monoisotopic (exact) mass is 226 g/mol. The lowest BCUT2D eigenvalue weighted by Crippen LogP contribution is -2.38. The standard InChI is InChI=1S/C12H22N2O2/c1-9-11-7-13-6-10(11)8-14(9)12(15)4-3-5-16-2/h9-11,13H,3-8H2,1-2H3. The van der Waals surface area contributed by atoms with Crippen molar-refractivity contribution in [2.75, 3.05) is 33.4 Å². The van der Waals surface area contributed by atoms with Crippen molar-refractivity contribution in [3.05, 3.63) is 0 Å². The van der Waals surface area contributed by atoms with Crippen LogP contribution in [-0.2, 0) is 9.53 Å². The molecule has 2 aliphatic rings. The van der Waals surface area contributed by atoms with Crippen LogP contribution in [0.5, 0.6) is 0 Å². The van der Waals surface area contributed by atoms with E-state index in [4.69, 9.17) is 4.74 Å².